The number of aromatic nitrogens is 3. The quantitative estimate of drug-likeness (QED) is 0.490. The highest BCUT2D eigenvalue weighted by Crippen LogP contribution is 2.37. The summed E-state index contributed by atoms with van der Waals surface area (Å²) in [7, 11) is -4.71. The van der Waals surface area contributed by atoms with Gasteiger partial charge < -0.3 is 0 Å². The van der Waals surface area contributed by atoms with Gasteiger partial charge in [0.1, 0.15) is 4.90 Å². The number of carbonyl (C=O) groups excluding carboxylic acids is 1. The van der Waals surface area contributed by atoms with Gasteiger partial charge in [-0.1, -0.05) is 40.5 Å². The van der Waals surface area contributed by atoms with Crippen molar-refractivity contribution in [3.05, 3.63) is 69.5 Å². The molecule has 1 N–H and O–H groups in total. The lowest BCUT2D eigenvalue weighted by Crippen LogP contribution is -2.33. The first-order valence-corrected chi connectivity index (χ1v) is 10.6. The molecular weight excluding hydrogens is 525 g/mol. The maximum atomic E-state index is 13.7. The SMILES string of the molecule is O=C(NS(=O)(=O)c1ccccc1Cl)c1nnn(-c2ccc(C(F)(F)F)cc2Cl)c1C(F)(F)F. The fourth-order valence-corrected chi connectivity index (χ4v) is 4.33. The van der Waals surface area contributed by atoms with Gasteiger partial charge >= 0.3 is 12.4 Å². The zero-order valence-electron chi connectivity index (χ0n) is 15.5. The monoisotopic (exact) mass is 532 g/mol. The number of hydrogen-bond donors (Lipinski definition) is 1. The average molecular weight is 533 g/mol. The molecular formula is C17H8Cl2F6N4O3S. The van der Waals surface area contributed by atoms with Crippen molar-refractivity contribution >= 4 is 39.1 Å². The lowest BCUT2D eigenvalue weighted by atomic mass is 10.2. The van der Waals surface area contributed by atoms with Crippen molar-refractivity contribution in [2.45, 2.75) is 17.2 Å². The van der Waals surface area contributed by atoms with Crippen LogP contribution >= 0.6 is 23.2 Å². The summed E-state index contributed by atoms with van der Waals surface area (Å²) in [5.74, 6) is -1.81. The van der Waals surface area contributed by atoms with Crippen LogP contribution in [0, 0.1) is 0 Å². The van der Waals surface area contributed by atoms with E-state index in [0.29, 0.717) is 18.2 Å². The number of alkyl halides is 6. The van der Waals surface area contributed by atoms with E-state index in [2.05, 4.69) is 10.3 Å². The molecule has 0 spiro atoms. The third kappa shape index (κ3) is 5.07. The molecule has 0 unspecified atom stereocenters. The molecule has 176 valence electrons. The second kappa shape index (κ2) is 8.50. The van der Waals surface area contributed by atoms with E-state index in [9.17, 15) is 39.6 Å². The Morgan fingerprint density at radius 3 is 2.12 bits per heavy atom. The summed E-state index contributed by atoms with van der Waals surface area (Å²) < 4.78 is 106. The zero-order chi connectivity index (χ0) is 24.8. The number of nitrogens with zero attached hydrogens (tertiary/aromatic N) is 3. The molecule has 0 radical (unpaired) electrons. The Kier molecular flexibility index (Phi) is 6.39. The minimum atomic E-state index is -5.34. The Balaban J connectivity index is 2.07. The maximum absolute atomic E-state index is 13.7. The van der Waals surface area contributed by atoms with E-state index in [1.807, 2.05) is 0 Å². The van der Waals surface area contributed by atoms with Gasteiger partial charge in [-0.25, -0.2) is 17.8 Å². The van der Waals surface area contributed by atoms with E-state index in [1.165, 1.54) is 22.9 Å². The lowest BCUT2D eigenvalue weighted by Gasteiger charge is -2.14. The Bertz CT molecular complexity index is 1340. The molecule has 7 nitrogen and oxygen atoms in total. The van der Waals surface area contributed by atoms with Crippen LogP contribution in [0.25, 0.3) is 5.69 Å². The van der Waals surface area contributed by atoms with Gasteiger partial charge in [-0.2, -0.15) is 26.3 Å². The van der Waals surface area contributed by atoms with Crippen LogP contribution in [-0.2, 0) is 22.4 Å². The van der Waals surface area contributed by atoms with Crippen LogP contribution in [0.4, 0.5) is 26.3 Å². The Hall–Kier alpha value is -2.84. The minimum absolute atomic E-state index is 0.0144. The number of nitrogens with one attached hydrogen (secondary N) is 1. The number of hydrogen-bond acceptors (Lipinski definition) is 5. The van der Waals surface area contributed by atoms with Gasteiger partial charge in [0, 0.05) is 0 Å². The molecule has 2 aromatic carbocycles. The average Bonchev–Trinajstić information content (AvgIpc) is 3.12. The zero-order valence-corrected chi connectivity index (χ0v) is 17.9. The largest absolute Gasteiger partial charge is 0.435 e. The molecule has 0 aliphatic carbocycles. The maximum Gasteiger partial charge on any atom is 0.435 e. The van der Waals surface area contributed by atoms with E-state index in [1.54, 1.807) is 0 Å². The predicted octanol–water partition coefficient (Wildman–Crippen LogP) is 4.73. The lowest BCUT2D eigenvalue weighted by molar-refractivity contribution is -0.143. The Morgan fingerprint density at radius 1 is 0.939 bits per heavy atom. The molecule has 0 aliphatic rings. The summed E-state index contributed by atoms with van der Waals surface area (Å²) in [6.45, 7) is 0. The summed E-state index contributed by atoms with van der Waals surface area (Å²) >= 11 is 11.5. The summed E-state index contributed by atoms with van der Waals surface area (Å²) in [6.07, 6.45) is -10.2. The first-order chi connectivity index (χ1) is 15.1. The number of rotatable bonds is 4. The van der Waals surface area contributed by atoms with E-state index in [0.717, 1.165) is 6.07 Å². The van der Waals surface area contributed by atoms with Crippen LogP contribution < -0.4 is 4.72 Å². The molecule has 0 bridgehead atoms. The van der Waals surface area contributed by atoms with Crippen molar-refractivity contribution in [2.75, 3.05) is 0 Å². The third-order valence-corrected chi connectivity index (χ3v) is 6.14. The van der Waals surface area contributed by atoms with Crippen molar-refractivity contribution in [1.29, 1.82) is 0 Å². The highest BCUT2D eigenvalue weighted by molar-refractivity contribution is 7.90. The van der Waals surface area contributed by atoms with Gasteiger partial charge in [0.05, 0.1) is 21.3 Å². The summed E-state index contributed by atoms with van der Waals surface area (Å²) in [5.41, 5.74) is -5.25. The molecule has 3 rings (SSSR count). The molecule has 0 atom stereocenters. The van der Waals surface area contributed by atoms with Gasteiger partial charge in [0.25, 0.3) is 15.9 Å². The minimum Gasteiger partial charge on any atom is -0.266 e. The van der Waals surface area contributed by atoms with E-state index >= 15 is 0 Å². The second-order valence-corrected chi connectivity index (χ2v) is 8.69. The molecule has 1 heterocycles. The molecule has 33 heavy (non-hydrogen) atoms. The van der Waals surface area contributed by atoms with Crippen LogP contribution in [-0.4, -0.2) is 29.3 Å². The molecule has 16 heteroatoms. The number of sulfonamides is 1. The molecule has 0 aliphatic heterocycles. The van der Waals surface area contributed by atoms with Crippen LogP contribution in [0.5, 0.6) is 0 Å². The topological polar surface area (TPSA) is 93.9 Å². The standard InChI is InChI=1S/C17H8Cl2F6N4O3S/c18-9-3-1-2-4-12(9)33(31,32)27-15(30)13-14(17(23,24)25)29(28-26-13)11-6-5-8(7-10(11)19)16(20,21)22/h1-7H,(H,27,30). The first-order valence-electron chi connectivity index (χ1n) is 8.34. The summed E-state index contributed by atoms with van der Waals surface area (Å²) in [5, 5.41) is 5.13. The fraction of sp³-hybridized carbons (Fsp3) is 0.118. The van der Waals surface area contributed by atoms with Crippen LogP contribution in [0.2, 0.25) is 10.0 Å². The van der Waals surface area contributed by atoms with Gasteiger partial charge in [0.15, 0.2) is 11.4 Å². The molecule has 1 aromatic heterocycles. The highest BCUT2D eigenvalue weighted by Gasteiger charge is 2.43. The molecule has 1 amide bonds. The Labute approximate surface area is 191 Å². The van der Waals surface area contributed by atoms with Crippen molar-refractivity contribution in [3.8, 4) is 5.69 Å². The van der Waals surface area contributed by atoms with Crippen molar-refractivity contribution in [1.82, 2.24) is 19.7 Å². The molecule has 0 fully saturated rings. The molecule has 0 saturated heterocycles. The smallest absolute Gasteiger partial charge is 0.266 e. The van der Waals surface area contributed by atoms with Gasteiger partial charge in [-0.15, -0.1) is 5.10 Å². The number of benzene rings is 2. The number of amides is 1. The molecule has 3 aromatic rings. The third-order valence-electron chi connectivity index (χ3n) is 4.01. The van der Waals surface area contributed by atoms with E-state index in [4.69, 9.17) is 23.2 Å². The fourth-order valence-electron chi connectivity index (χ4n) is 2.60. The predicted molar refractivity (Wildman–Crippen MR) is 102 cm³/mol. The molecule has 0 saturated carbocycles. The highest BCUT2D eigenvalue weighted by atomic mass is 35.5. The van der Waals surface area contributed by atoms with E-state index in [-0.39, 0.29) is 9.70 Å². The van der Waals surface area contributed by atoms with Gasteiger partial charge in [0.2, 0.25) is 0 Å². The van der Waals surface area contributed by atoms with Crippen molar-refractivity contribution in [2.24, 2.45) is 0 Å². The summed E-state index contributed by atoms with van der Waals surface area (Å²) in [4.78, 5) is 11.8. The van der Waals surface area contributed by atoms with Crippen molar-refractivity contribution < 1.29 is 39.6 Å². The van der Waals surface area contributed by atoms with Crippen LogP contribution in [0.15, 0.2) is 47.4 Å². The normalized spacial score (nSPS) is 12.6. The number of carbonyl (C=O) groups is 1. The van der Waals surface area contributed by atoms with E-state index < -0.39 is 60.8 Å². The summed E-state index contributed by atoms with van der Waals surface area (Å²) in [6, 6.07) is 6.22. The van der Waals surface area contributed by atoms with Crippen LogP contribution in [0.1, 0.15) is 21.7 Å². The van der Waals surface area contributed by atoms with Crippen LogP contribution in [0.3, 0.4) is 0 Å². The first kappa shape index (κ1) is 24.8. The Morgan fingerprint density at radius 2 is 1.58 bits per heavy atom. The number of halogens is 8. The second-order valence-electron chi connectivity index (χ2n) is 6.23. The van der Waals surface area contributed by atoms with Crippen molar-refractivity contribution in [3.63, 3.8) is 0 Å². The van der Waals surface area contributed by atoms with Gasteiger partial charge in [-0.3, -0.25) is 4.79 Å². The van der Waals surface area contributed by atoms with Gasteiger partial charge in [-0.05, 0) is 30.3 Å².